The van der Waals surface area contributed by atoms with Crippen molar-refractivity contribution in [3.8, 4) is 0 Å². The fourth-order valence-corrected chi connectivity index (χ4v) is 2.19. The van der Waals surface area contributed by atoms with Crippen molar-refractivity contribution in [2.45, 2.75) is 33.1 Å². The van der Waals surface area contributed by atoms with Gasteiger partial charge in [0, 0.05) is 13.1 Å². The van der Waals surface area contributed by atoms with Crippen molar-refractivity contribution in [1.29, 1.82) is 0 Å². The first kappa shape index (κ1) is 15.7. The number of hydrogen-bond acceptors (Lipinski definition) is 2. The molecule has 0 aromatic heterocycles. The van der Waals surface area contributed by atoms with Crippen LogP contribution in [0, 0.1) is 5.92 Å². The van der Waals surface area contributed by atoms with Gasteiger partial charge in [0.2, 0.25) is 5.91 Å². The Labute approximate surface area is 116 Å². The third-order valence-corrected chi connectivity index (χ3v) is 3.14. The van der Waals surface area contributed by atoms with Gasteiger partial charge < -0.3 is 10.6 Å². The maximum atomic E-state index is 12.3. The maximum Gasteiger partial charge on any atom is 0.227 e. The Morgan fingerprint density at radius 2 is 1.79 bits per heavy atom. The summed E-state index contributed by atoms with van der Waals surface area (Å²) in [5.41, 5.74) is 1.09. The summed E-state index contributed by atoms with van der Waals surface area (Å²) in [6.07, 6.45) is 1.12. The molecule has 2 N–H and O–H groups in total. The molecule has 1 amide bonds. The standard InChI is InChI=1S/C16H26N2O/c1-4-10-17-11-12-18-16(19)15(13(2)3)14-8-6-5-7-9-14/h5-9,13,15,17H,4,10-12H2,1-3H3,(H,18,19). The summed E-state index contributed by atoms with van der Waals surface area (Å²) in [6.45, 7) is 8.84. The highest BCUT2D eigenvalue weighted by atomic mass is 16.1. The number of benzene rings is 1. The zero-order chi connectivity index (χ0) is 14.1. The molecule has 0 aliphatic carbocycles. The summed E-state index contributed by atoms with van der Waals surface area (Å²) in [5, 5.41) is 6.30. The van der Waals surface area contributed by atoms with Crippen molar-refractivity contribution in [3.05, 3.63) is 35.9 Å². The lowest BCUT2D eigenvalue weighted by molar-refractivity contribution is -0.123. The maximum absolute atomic E-state index is 12.3. The quantitative estimate of drug-likeness (QED) is 0.707. The number of rotatable bonds is 8. The van der Waals surface area contributed by atoms with Gasteiger partial charge in [0.05, 0.1) is 5.92 Å². The third kappa shape index (κ3) is 5.43. The normalized spacial score (nSPS) is 12.4. The van der Waals surface area contributed by atoms with Gasteiger partial charge in [-0.3, -0.25) is 4.79 Å². The first-order valence-corrected chi connectivity index (χ1v) is 7.20. The predicted molar refractivity (Wildman–Crippen MR) is 80.2 cm³/mol. The summed E-state index contributed by atoms with van der Waals surface area (Å²) in [7, 11) is 0. The van der Waals surface area contributed by atoms with Crippen LogP contribution in [0.3, 0.4) is 0 Å². The lowest BCUT2D eigenvalue weighted by atomic mass is 9.88. The average molecular weight is 262 g/mol. The molecule has 19 heavy (non-hydrogen) atoms. The average Bonchev–Trinajstić information content (AvgIpc) is 2.39. The number of nitrogens with one attached hydrogen (secondary N) is 2. The smallest absolute Gasteiger partial charge is 0.227 e. The van der Waals surface area contributed by atoms with Crippen LogP contribution in [0.4, 0.5) is 0 Å². The predicted octanol–water partition coefficient (Wildman–Crippen LogP) is 2.54. The molecule has 0 heterocycles. The molecule has 0 aliphatic rings. The van der Waals surface area contributed by atoms with Gasteiger partial charge in [-0.15, -0.1) is 0 Å². The van der Waals surface area contributed by atoms with E-state index in [1.54, 1.807) is 0 Å². The van der Waals surface area contributed by atoms with E-state index in [1.807, 2.05) is 30.3 Å². The molecule has 1 aromatic carbocycles. The van der Waals surface area contributed by atoms with Gasteiger partial charge in [-0.1, -0.05) is 51.1 Å². The van der Waals surface area contributed by atoms with Gasteiger partial charge in [0.25, 0.3) is 0 Å². The van der Waals surface area contributed by atoms with Crippen LogP contribution in [-0.2, 0) is 4.79 Å². The first-order chi connectivity index (χ1) is 9.16. The molecule has 0 radical (unpaired) electrons. The van der Waals surface area contributed by atoms with Crippen LogP contribution in [-0.4, -0.2) is 25.5 Å². The van der Waals surface area contributed by atoms with Crippen LogP contribution >= 0.6 is 0 Å². The first-order valence-electron chi connectivity index (χ1n) is 7.20. The van der Waals surface area contributed by atoms with E-state index in [-0.39, 0.29) is 11.8 Å². The number of carbonyl (C=O) groups excluding carboxylic acids is 1. The van der Waals surface area contributed by atoms with Crippen LogP contribution < -0.4 is 10.6 Å². The third-order valence-electron chi connectivity index (χ3n) is 3.14. The van der Waals surface area contributed by atoms with E-state index in [4.69, 9.17) is 0 Å². The molecule has 0 saturated heterocycles. The van der Waals surface area contributed by atoms with E-state index in [2.05, 4.69) is 31.4 Å². The second-order valence-corrected chi connectivity index (χ2v) is 5.17. The van der Waals surface area contributed by atoms with Gasteiger partial charge in [-0.05, 0) is 24.4 Å². The second-order valence-electron chi connectivity index (χ2n) is 5.17. The van der Waals surface area contributed by atoms with Crippen LogP contribution in [0.1, 0.15) is 38.7 Å². The van der Waals surface area contributed by atoms with E-state index < -0.39 is 0 Å². The molecule has 3 nitrogen and oxygen atoms in total. The largest absolute Gasteiger partial charge is 0.354 e. The summed E-state index contributed by atoms with van der Waals surface area (Å²) < 4.78 is 0. The molecule has 1 atom stereocenters. The summed E-state index contributed by atoms with van der Waals surface area (Å²) in [6, 6.07) is 10.0. The monoisotopic (exact) mass is 262 g/mol. The van der Waals surface area contributed by atoms with Crippen LogP contribution in [0.15, 0.2) is 30.3 Å². The van der Waals surface area contributed by atoms with E-state index in [0.29, 0.717) is 12.5 Å². The van der Waals surface area contributed by atoms with Crippen LogP contribution in [0.5, 0.6) is 0 Å². The Balaban J connectivity index is 2.51. The second kappa shape index (κ2) is 8.70. The molecule has 1 aromatic rings. The minimum Gasteiger partial charge on any atom is -0.354 e. The minimum atomic E-state index is -0.0626. The highest BCUT2D eigenvalue weighted by molar-refractivity contribution is 5.83. The zero-order valence-corrected chi connectivity index (χ0v) is 12.3. The molecule has 1 rings (SSSR count). The van der Waals surface area contributed by atoms with Crippen molar-refractivity contribution in [2.75, 3.05) is 19.6 Å². The van der Waals surface area contributed by atoms with Crippen LogP contribution in [0.25, 0.3) is 0 Å². The van der Waals surface area contributed by atoms with Gasteiger partial charge in [0.1, 0.15) is 0 Å². The number of amides is 1. The molecule has 0 spiro atoms. The molecule has 0 saturated carbocycles. The number of hydrogen-bond donors (Lipinski definition) is 2. The van der Waals surface area contributed by atoms with Crippen LogP contribution in [0.2, 0.25) is 0 Å². The van der Waals surface area contributed by atoms with E-state index >= 15 is 0 Å². The zero-order valence-electron chi connectivity index (χ0n) is 12.3. The molecular formula is C16H26N2O. The Kier molecular flexibility index (Phi) is 7.19. The topological polar surface area (TPSA) is 41.1 Å². The Bertz CT molecular complexity index is 362. The van der Waals surface area contributed by atoms with Crippen molar-refractivity contribution in [2.24, 2.45) is 5.92 Å². The summed E-state index contributed by atoms with van der Waals surface area (Å²) >= 11 is 0. The van der Waals surface area contributed by atoms with Gasteiger partial charge >= 0.3 is 0 Å². The fraction of sp³-hybridized carbons (Fsp3) is 0.562. The molecule has 0 aliphatic heterocycles. The minimum absolute atomic E-state index is 0.0626. The Morgan fingerprint density at radius 1 is 1.11 bits per heavy atom. The Morgan fingerprint density at radius 3 is 2.37 bits per heavy atom. The van der Waals surface area contributed by atoms with E-state index in [9.17, 15) is 4.79 Å². The molecular weight excluding hydrogens is 236 g/mol. The van der Waals surface area contributed by atoms with Gasteiger partial charge in [-0.25, -0.2) is 0 Å². The molecule has 106 valence electrons. The molecule has 0 fully saturated rings. The number of carbonyl (C=O) groups is 1. The van der Waals surface area contributed by atoms with Crippen molar-refractivity contribution in [1.82, 2.24) is 10.6 Å². The highest BCUT2D eigenvalue weighted by Gasteiger charge is 2.23. The molecule has 1 unspecified atom stereocenters. The Hall–Kier alpha value is -1.35. The SMILES string of the molecule is CCCNCCNC(=O)C(c1ccccc1)C(C)C. The molecule has 3 heteroatoms. The van der Waals surface area contributed by atoms with E-state index in [1.165, 1.54) is 0 Å². The highest BCUT2D eigenvalue weighted by Crippen LogP contribution is 2.24. The van der Waals surface area contributed by atoms with Gasteiger partial charge in [0.15, 0.2) is 0 Å². The molecule has 0 bridgehead atoms. The van der Waals surface area contributed by atoms with E-state index in [0.717, 1.165) is 25.1 Å². The lowest BCUT2D eigenvalue weighted by Gasteiger charge is -2.20. The summed E-state index contributed by atoms with van der Waals surface area (Å²) in [5.74, 6) is 0.359. The fourth-order valence-electron chi connectivity index (χ4n) is 2.19. The van der Waals surface area contributed by atoms with Gasteiger partial charge in [-0.2, -0.15) is 0 Å². The summed E-state index contributed by atoms with van der Waals surface area (Å²) in [4.78, 5) is 12.3. The van der Waals surface area contributed by atoms with Crippen molar-refractivity contribution in [3.63, 3.8) is 0 Å². The van der Waals surface area contributed by atoms with Crippen molar-refractivity contribution < 1.29 is 4.79 Å². The van der Waals surface area contributed by atoms with Crippen molar-refractivity contribution >= 4 is 5.91 Å². The lowest BCUT2D eigenvalue weighted by Crippen LogP contribution is -2.36.